The molecule has 146 valence electrons. The zero-order chi connectivity index (χ0) is 20.1. The van der Waals surface area contributed by atoms with Gasteiger partial charge in [-0.25, -0.2) is 4.98 Å². The lowest BCUT2D eigenvalue weighted by molar-refractivity contribution is -0.383. The van der Waals surface area contributed by atoms with Crippen LogP contribution in [-0.2, 0) is 10.2 Å². The number of nitrogens with zero attached hydrogens (tertiary/aromatic N) is 4. The van der Waals surface area contributed by atoms with Crippen LogP contribution in [0.3, 0.4) is 0 Å². The average molecular weight is 399 g/mol. The quantitative estimate of drug-likeness (QED) is 0.464. The van der Waals surface area contributed by atoms with Crippen LogP contribution in [0.1, 0.15) is 50.9 Å². The molecule has 1 amide bonds. The standard InChI is InChI=1S/C19H21N5O3S/c1-18(2)11-8-9-19(18,3)16-15(11)22-23-17(21-16)28-10-14(25)20-12-6-4-5-7-13(12)24(26)27/h4-7,11H,8-10H2,1-3H3,(H,20,25). The molecule has 2 unspecified atom stereocenters. The Morgan fingerprint density at radius 3 is 2.82 bits per heavy atom. The summed E-state index contributed by atoms with van der Waals surface area (Å²) in [5, 5.41) is 22.7. The number of aromatic nitrogens is 3. The maximum atomic E-state index is 12.3. The minimum atomic E-state index is -0.520. The van der Waals surface area contributed by atoms with Crippen molar-refractivity contribution in [2.45, 2.75) is 50.1 Å². The third-order valence-corrected chi connectivity index (χ3v) is 7.32. The summed E-state index contributed by atoms with van der Waals surface area (Å²) in [4.78, 5) is 27.5. The predicted octanol–water partition coefficient (Wildman–Crippen LogP) is 3.69. The number of carbonyl (C=O) groups is 1. The van der Waals surface area contributed by atoms with E-state index in [0.717, 1.165) is 24.2 Å². The Morgan fingerprint density at radius 1 is 1.32 bits per heavy atom. The topological polar surface area (TPSA) is 111 Å². The molecule has 1 fully saturated rings. The zero-order valence-electron chi connectivity index (χ0n) is 15.9. The summed E-state index contributed by atoms with van der Waals surface area (Å²) >= 11 is 1.19. The highest BCUT2D eigenvalue weighted by molar-refractivity contribution is 7.99. The molecule has 0 radical (unpaired) electrons. The molecule has 0 spiro atoms. The fourth-order valence-corrected chi connectivity index (χ4v) is 5.07. The number of fused-ring (bicyclic) bond motifs is 5. The summed E-state index contributed by atoms with van der Waals surface area (Å²) in [6.45, 7) is 6.77. The predicted molar refractivity (Wildman–Crippen MR) is 105 cm³/mol. The van der Waals surface area contributed by atoms with Gasteiger partial charge in [-0.2, -0.15) is 5.10 Å². The summed E-state index contributed by atoms with van der Waals surface area (Å²) < 4.78 is 0. The number of hydrogen-bond donors (Lipinski definition) is 1. The van der Waals surface area contributed by atoms with Crippen LogP contribution in [0.5, 0.6) is 0 Å². The summed E-state index contributed by atoms with van der Waals surface area (Å²) in [7, 11) is 0. The van der Waals surface area contributed by atoms with Crippen LogP contribution in [0.2, 0.25) is 0 Å². The molecule has 0 saturated heterocycles. The van der Waals surface area contributed by atoms with Gasteiger partial charge in [0.15, 0.2) is 0 Å². The molecule has 1 aromatic carbocycles. The average Bonchev–Trinajstić information content (AvgIpc) is 2.99. The number of nitrogens with one attached hydrogen (secondary N) is 1. The van der Waals surface area contributed by atoms with Gasteiger partial charge in [-0.3, -0.25) is 14.9 Å². The summed E-state index contributed by atoms with van der Waals surface area (Å²) in [6.07, 6.45) is 2.19. The van der Waals surface area contributed by atoms with Crippen molar-refractivity contribution < 1.29 is 9.72 Å². The highest BCUT2D eigenvalue weighted by Gasteiger charge is 2.61. The molecular formula is C19H21N5O3S. The van der Waals surface area contributed by atoms with Gasteiger partial charge in [-0.1, -0.05) is 44.7 Å². The van der Waals surface area contributed by atoms with Crippen LogP contribution in [0, 0.1) is 15.5 Å². The normalized spacial score (nSPS) is 24.0. The SMILES string of the molecule is CC12CCC(c3nnc(SCC(=O)Nc4ccccc4[N+](=O)[O-])nc31)C2(C)C. The van der Waals surface area contributed by atoms with E-state index in [-0.39, 0.29) is 33.9 Å². The number of carbonyl (C=O) groups excluding carboxylic acids is 1. The molecule has 1 N–H and O–H groups in total. The number of thioether (sulfide) groups is 1. The van der Waals surface area contributed by atoms with E-state index in [2.05, 4.69) is 36.3 Å². The third-order valence-electron chi connectivity index (χ3n) is 6.48. The lowest BCUT2D eigenvalue weighted by atomic mass is 9.70. The van der Waals surface area contributed by atoms with E-state index in [0.29, 0.717) is 11.1 Å². The maximum Gasteiger partial charge on any atom is 0.292 e. The number of nitro groups is 1. The van der Waals surface area contributed by atoms with Crippen LogP contribution in [0.15, 0.2) is 29.4 Å². The molecular weight excluding hydrogens is 378 g/mol. The number of rotatable bonds is 5. The largest absolute Gasteiger partial charge is 0.320 e. The van der Waals surface area contributed by atoms with Gasteiger partial charge in [0, 0.05) is 17.4 Å². The zero-order valence-corrected chi connectivity index (χ0v) is 16.7. The van der Waals surface area contributed by atoms with Gasteiger partial charge in [0.1, 0.15) is 5.69 Å². The van der Waals surface area contributed by atoms with Crippen molar-refractivity contribution in [3.8, 4) is 0 Å². The fourth-order valence-electron chi connectivity index (χ4n) is 4.48. The first-order valence-corrected chi connectivity index (χ1v) is 10.1. The van der Waals surface area contributed by atoms with Gasteiger partial charge in [0.05, 0.1) is 22.1 Å². The molecule has 1 heterocycles. The summed E-state index contributed by atoms with van der Waals surface area (Å²) in [6, 6.07) is 6.06. The first-order chi connectivity index (χ1) is 13.2. The number of hydrogen-bond acceptors (Lipinski definition) is 7. The molecule has 2 aliphatic rings. The van der Waals surface area contributed by atoms with Crippen molar-refractivity contribution in [1.29, 1.82) is 0 Å². The third kappa shape index (κ3) is 2.76. The van der Waals surface area contributed by atoms with Crippen molar-refractivity contribution in [2.24, 2.45) is 5.41 Å². The Labute approximate surface area is 166 Å². The van der Waals surface area contributed by atoms with Gasteiger partial charge in [-0.15, -0.1) is 5.10 Å². The first kappa shape index (κ1) is 18.8. The Kier molecular flexibility index (Phi) is 4.37. The number of amides is 1. The number of nitro benzene ring substituents is 1. The van der Waals surface area contributed by atoms with Crippen LogP contribution in [0.4, 0.5) is 11.4 Å². The van der Waals surface area contributed by atoms with Crippen molar-refractivity contribution in [3.05, 3.63) is 45.8 Å². The van der Waals surface area contributed by atoms with Crippen LogP contribution in [-0.4, -0.2) is 31.8 Å². The Hall–Kier alpha value is -2.55. The maximum absolute atomic E-state index is 12.3. The Bertz CT molecular complexity index is 980. The van der Waals surface area contributed by atoms with E-state index in [1.807, 2.05) is 0 Å². The van der Waals surface area contributed by atoms with E-state index in [1.54, 1.807) is 12.1 Å². The highest BCUT2D eigenvalue weighted by Crippen LogP contribution is 2.66. The molecule has 28 heavy (non-hydrogen) atoms. The van der Waals surface area contributed by atoms with Crippen LogP contribution in [0.25, 0.3) is 0 Å². The minimum absolute atomic E-state index is 0.0227. The molecule has 2 bridgehead atoms. The van der Waals surface area contributed by atoms with Crippen LogP contribution >= 0.6 is 11.8 Å². The van der Waals surface area contributed by atoms with Crippen LogP contribution < -0.4 is 5.32 Å². The lowest BCUT2D eigenvalue weighted by Gasteiger charge is -2.33. The summed E-state index contributed by atoms with van der Waals surface area (Å²) in [5.74, 6) is 0.0840. The van der Waals surface area contributed by atoms with Crippen molar-refractivity contribution >= 4 is 29.0 Å². The molecule has 4 rings (SSSR count). The monoisotopic (exact) mass is 399 g/mol. The number of para-hydroxylation sites is 2. The van der Waals surface area contributed by atoms with Gasteiger partial charge < -0.3 is 5.32 Å². The molecule has 0 aliphatic heterocycles. The van der Waals surface area contributed by atoms with E-state index < -0.39 is 4.92 Å². The van der Waals surface area contributed by atoms with Crippen molar-refractivity contribution in [1.82, 2.24) is 15.2 Å². The Balaban J connectivity index is 1.46. The van der Waals surface area contributed by atoms with Crippen molar-refractivity contribution in [2.75, 3.05) is 11.1 Å². The molecule has 9 heteroatoms. The van der Waals surface area contributed by atoms with E-state index >= 15 is 0 Å². The van der Waals surface area contributed by atoms with E-state index in [9.17, 15) is 14.9 Å². The summed E-state index contributed by atoms with van der Waals surface area (Å²) in [5.41, 5.74) is 2.12. The van der Waals surface area contributed by atoms with Gasteiger partial charge in [0.25, 0.3) is 5.69 Å². The number of benzene rings is 1. The van der Waals surface area contributed by atoms with E-state index in [1.165, 1.54) is 23.9 Å². The molecule has 1 saturated carbocycles. The molecule has 2 aliphatic carbocycles. The van der Waals surface area contributed by atoms with Gasteiger partial charge in [-0.05, 0) is 24.3 Å². The molecule has 8 nitrogen and oxygen atoms in total. The second-order valence-electron chi connectivity index (χ2n) is 8.08. The van der Waals surface area contributed by atoms with Gasteiger partial charge in [0.2, 0.25) is 11.1 Å². The fraction of sp³-hybridized carbons (Fsp3) is 0.474. The lowest BCUT2D eigenvalue weighted by Crippen LogP contribution is -2.32. The molecule has 2 atom stereocenters. The second kappa shape index (κ2) is 6.51. The first-order valence-electron chi connectivity index (χ1n) is 9.15. The Morgan fingerprint density at radius 2 is 2.07 bits per heavy atom. The smallest absolute Gasteiger partial charge is 0.292 e. The second-order valence-corrected chi connectivity index (χ2v) is 9.03. The van der Waals surface area contributed by atoms with E-state index in [4.69, 9.17) is 4.98 Å². The highest BCUT2D eigenvalue weighted by atomic mass is 32.2. The van der Waals surface area contributed by atoms with Gasteiger partial charge >= 0.3 is 0 Å². The molecule has 2 aromatic rings. The molecule has 1 aromatic heterocycles. The van der Waals surface area contributed by atoms with Crippen molar-refractivity contribution in [3.63, 3.8) is 0 Å². The minimum Gasteiger partial charge on any atom is -0.320 e. The number of anilines is 1.